The summed E-state index contributed by atoms with van der Waals surface area (Å²) in [6.45, 7) is 3.91. The van der Waals surface area contributed by atoms with Crippen LogP contribution in [-0.4, -0.2) is 32.6 Å². The lowest BCUT2D eigenvalue weighted by molar-refractivity contribution is -0.137. The zero-order chi connectivity index (χ0) is 21.1. The molecule has 0 bridgehead atoms. The Hall–Kier alpha value is -2.38. The number of aromatic nitrogens is 2. The Morgan fingerprint density at radius 1 is 1.10 bits per heavy atom. The molecule has 2 aromatic heterocycles. The van der Waals surface area contributed by atoms with Gasteiger partial charge in [-0.3, -0.25) is 9.88 Å². The highest BCUT2D eigenvalue weighted by molar-refractivity contribution is 5.87. The monoisotopic (exact) mass is 415 g/mol. The predicted molar refractivity (Wildman–Crippen MR) is 108 cm³/mol. The number of aliphatic hydroxyl groups is 1. The quantitative estimate of drug-likeness (QED) is 0.677. The van der Waals surface area contributed by atoms with Crippen molar-refractivity contribution in [2.45, 2.75) is 50.6 Å². The molecule has 0 spiro atoms. The van der Waals surface area contributed by atoms with E-state index in [2.05, 4.69) is 9.88 Å². The molecule has 1 N–H and O–H groups in total. The molecule has 2 aliphatic heterocycles. The van der Waals surface area contributed by atoms with Crippen molar-refractivity contribution in [3.05, 3.63) is 65.1 Å². The second-order valence-electron chi connectivity index (χ2n) is 8.63. The molecule has 1 aromatic carbocycles. The van der Waals surface area contributed by atoms with E-state index in [0.29, 0.717) is 5.39 Å². The molecule has 158 valence electrons. The van der Waals surface area contributed by atoms with Crippen LogP contribution in [0.5, 0.6) is 0 Å². The van der Waals surface area contributed by atoms with E-state index in [0.717, 1.165) is 60.8 Å². The van der Waals surface area contributed by atoms with Crippen LogP contribution < -0.4 is 0 Å². The summed E-state index contributed by atoms with van der Waals surface area (Å²) in [6, 6.07) is 7.73. The molecule has 4 nitrogen and oxygen atoms in total. The number of hydrogen-bond acceptors (Lipinski definition) is 3. The number of benzene rings is 1. The predicted octanol–water partition coefficient (Wildman–Crippen LogP) is 4.66. The van der Waals surface area contributed by atoms with Crippen molar-refractivity contribution in [3.63, 3.8) is 0 Å². The molecule has 3 aromatic rings. The zero-order valence-corrected chi connectivity index (χ0v) is 16.8. The average molecular weight is 415 g/mol. The fraction of sp³-hybridized carbons (Fsp3) is 0.435. The molecule has 30 heavy (non-hydrogen) atoms. The van der Waals surface area contributed by atoms with Crippen LogP contribution >= 0.6 is 0 Å². The maximum Gasteiger partial charge on any atom is 0.416 e. The minimum atomic E-state index is -4.38. The van der Waals surface area contributed by atoms with Crippen LogP contribution in [0.4, 0.5) is 13.2 Å². The minimum Gasteiger partial charge on any atom is -0.384 e. The maximum atomic E-state index is 13.5. The first-order valence-corrected chi connectivity index (χ1v) is 10.3. The summed E-state index contributed by atoms with van der Waals surface area (Å²) < 4.78 is 42.4. The first-order valence-electron chi connectivity index (χ1n) is 10.3. The smallest absolute Gasteiger partial charge is 0.384 e. The molecule has 2 atom stereocenters. The maximum absolute atomic E-state index is 13.5. The molecular formula is C23H24F3N3O. The highest BCUT2D eigenvalue weighted by Gasteiger charge is 2.38. The lowest BCUT2D eigenvalue weighted by Gasteiger charge is -2.32. The number of fused-ring (bicyclic) bond motifs is 5. The first-order chi connectivity index (χ1) is 14.3. The van der Waals surface area contributed by atoms with Crippen molar-refractivity contribution in [2.24, 2.45) is 0 Å². The third-order valence-corrected chi connectivity index (χ3v) is 6.64. The SMILES string of the molecule is CC(O)(Cn1c2c(c3cc(C(F)(F)F)ccc31)C1CCCN1CC2)c1ccncc1. The fourth-order valence-electron chi connectivity index (χ4n) is 5.21. The Kier molecular flexibility index (Phi) is 4.45. The molecular weight excluding hydrogens is 391 g/mol. The van der Waals surface area contributed by atoms with Gasteiger partial charge in [-0.2, -0.15) is 13.2 Å². The summed E-state index contributed by atoms with van der Waals surface area (Å²) >= 11 is 0. The highest BCUT2D eigenvalue weighted by Crippen LogP contribution is 2.45. The van der Waals surface area contributed by atoms with Gasteiger partial charge in [0.25, 0.3) is 0 Å². The zero-order valence-electron chi connectivity index (χ0n) is 16.8. The van der Waals surface area contributed by atoms with Crippen molar-refractivity contribution in [3.8, 4) is 0 Å². The molecule has 0 radical (unpaired) electrons. The van der Waals surface area contributed by atoms with Crippen molar-refractivity contribution in [2.75, 3.05) is 13.1 Å². The summed E-state index contributed by atoms with van der Waals surface area (Å²) in [5, 5.41) is 11.9. The van der Waals surface area contributed by atoms with E-state index in [-0.39, 0.29) is 12.6 Å². The van der Waals surface area contributed by atoms with Crippen LogP contribution in [-0.2, 0) is 24.7 Å². The summed E-state index contributed by atoms with van der Waals surface area (Å²) in [7, 11) is 0. The molecule has 2 unspecified atom stereocenters. The van der Waals surface area contributed by atoms with Gasteiger partial charge in [-0.15, -0.1) is 0 Å². The van der Waals surface area contributed by atoms with Gasteiger partial charge in [-0.25, -0.2) is 0 Å². The molecule has 0 aliphatic carbocycles. The Balaban J connectivity index is 1.69. The van der Waals surface area contributed by atoms with Crippen LogP contribution in [0.2, 0.25) is 0 Å². The lowest BCUT2D eigenvalue weighted by Crippen LogP contribution is -2.33. The van der Waals surface area contributed by atoms with Crippen LogP contribution in [0.3, 0.4) is 0 Å². The summed E-state index contributed by atoms with van der Waals surface area (Å²) in [4.78, 5) is 6.40. The van der Waals surface area contributed by atoms with Crippen molar-refractivity contribution in [1.82, 2.24) is 14.5 Å². The number of nitrogens with zero attached hydrogens (tertiary/aromatic N) is 3. The Morgan fingerprint density at radius 3 is 2.60 bits per heavy atom. The summed E-state index contributed by atoms with van der Waals surface area (Å²) in [5.41, 5.74) is 1.78. The number of rotatable bonds is 3. The van der Waals surface area contributed by atoms with Gasteiger partial charge < -0.3 is 9.67 Å². The van der Waals surface area contributed by atoms with E-state index in [1.807, 2.05) is 4.57 Å². The molecule has 4 heterocycles. The van der Waals surface area contributed by atoms with E-state index in [1.54, 1.807) is 37.5 Å². The molecule has 0 amide bonds. The second kappa shape index (κ2) is 6.82. The largest absolute Gasteiger partial charge is 0.416 e. The molecule has 5 rings (SSSR count). The van der Waals surface area contributed by atoms with E-state index >= 15 is 0 Å². The summed E-state index contributed by atoms with van der Waals surface area (Å²) in [5.74, 6) is 0. The molecule has 1 fully saturated rings. The van der Waals surface area contributed by atoms with Gasteiger partial charge in [0, 0.05) is 48.0 Å². The Labute approximate surface area is 172 Å². The van der Waals surface area contributed by atoms with Crippen molar-refractivity contribution < 1.29 is 18.3 Å². The van der Waals surface area contributed by atoms with Crippen LogP contribution in [0.15, 0.2) is 42.7 Å². The third-order valence-electron chi connectivity index (χ3n) is 6.64. The van der Waals surface area contributed by atoms with E-state index < -0.39 is 17.3 Å². The molecule has 7 heteroatoms. The summed E-state index contributed by atoms with van der Waals surface area (Å²) in [6.07, 6.45) is 1.69. The topological polar surface area (TPSA) is 41.3 Å². The second-order valence-corrected chi connectivity index (χ2v) is 8.63. The van der Waals surface area contributed by atoms with E-state index in [9.17, 15) is 18.3 Å². The number of alkyl halides is 3. The number of pyridine rings is 1. The van der Waals surface area contributed by atoms with Crippen LogP contribution in [0, 0.1) is 0 Å². The van der Waals surface area contributed by atoms with Gasteiger partial charge in [0.05, 0.1) is 12.1 Å². The average Bonchev–Trinajstić information content (AvgIpc) is 3.30. The first kappa shape index (κ1) is 19.6. The standard InChI is InChI=1S/C23H24F3N3O/c1-22(30,15-6-9-27-10-7-15)14-29-18-5-4-16(23(24,25)26)13-17(18)21-19-3-2-11-28(19)12-8-20(21)29/h4-7,9-10,13,19,30H,2-3,8,11-12,14H2,1H3. The van der Waals surface area contributed by atoms with Crippen LogP contribution in [0.1, 0.15) is 48.2 Å². The molecule has 1 saturated heterocycles. The highest BCUT2D eigenvalue weighted by atomic mass is 19.4. The Morgan fingerprint density at radius 2 is 1.87 bits per heavy atom. The van der Waals surface area contributed by atoms with E-state index in [4.69, 9.17) is 0 Å². The normalized spacial score (nSPS) is 21.4. The van der Waals surface area contributed by atoms with Gasteiger partial charge in [-0.05, 0) is 67.8 Å². The lowest BCUT2D eigenvalue weighted by atomic mass is 9.94. The van der Waals surface area contributed by atoms with E-state index in [1.165, 1.54) is 6.07 Å². The van der Waals surface area contributed by atoms with Crippen molar-refractivity contribution in [1.29, 1.82) is 0 Å². The van der Waals surface area contributed by atoms with Gasteiger partial charge in [0.2, 0.25) is 0 Å². The third kappa shape index (κ3) is 3.11. The molecule has 0 saturated carbocycles. The van der Waals surface area contributed by atoms with Gasteiger partial charge in [0.15, 0.2) is 0 Å². The van der Waals surface area contributed by atoms with Gasteiger partial charge >= 0.3 is 6.18 Å². The number of halogens is 3. The minimum absolute atomic E-state index is 0.159. The van der Waals surface area contributed by atoms with Gasteiger partial charge in [0.1, 0.15) is 5.60 Å². The van der Waals surface area contributed by atoms with Gasteiger partial charge in [-0.1, -0.05) is 0 Å². The number of hydrogen-bond donors (Lipinski definition) is 1. The fourth-order valence-corrected chi connectivity index (χ4v) is 5.21. The van der Waals surface area contributed by atoms with Crippen molar-refractivity contribution >= 4 is 10.9 Å². The van der Waals surface area contributed by atoms with Crippen LogP contribution in [0.25, 0.3) is 10.9 Å². The molecule has 2 aliphatic rings. The Bertz CT molecular complexity index is 1090.